The minimum absolute atomic E-state index is 0.112. The van der Waals surface area contributed by atoms with Crippen LogP contribution in [0.1, 0.15) is 29.5 Å². The van der Waals surface area contributed by atoms with Crippen LogP contribution >= 0.6 is 0 Å². The van der Waals surface area contributed by atoms with E-state index in [-0.39, 0.29) is 12.1 Å². The van der Waals surface area contributed by atoms with Crippen molar-refractivity contribution >= 4 is 16.8 Å². The second-order valence-corrected chi connectivity index (χ2v) is 6.91. The SMILES string of the molecule is Cc1ccc2cc(CN(CC3CCCO3)C(=O)C(F)(F)F)c(=O)[nH]c2c1C. The number of rotatable bonds is 4. The van der Waals surface area contributed by atoms with Crippen molar-refractivity contribution < 1.29 is 22.7 Å². The standard InChI is InChI=1S/C19H21F3N2O3/c1-11-5-6-13-8-14(17(25)23-16(13)12(11)2)9-24(18(26)19(20,21)22)10-15-4-3-7-27-15/h5-6,8,15H,3-4,7,9-10H2,1-2H3,(H,23,25). The van der Waals surface area contributed by atoms with E-state index < -0.39 is 30.3 Å². The van der Waals surface area contributed by atoms with Gasteiger partial charge in [-0.15, -0.1) is 0 Å². The molecule has 1 fully saturated rings. The fraction of sp³-hybridized carbons (Fsp3) is 0.474. The van der Waals surface area contributed by atoms with E-state index in [1.54, 1.807) is 12.1 Å². The average molecular weight is 382 g/mol. The summed E-state index contributed by atoms with van der Waals surface area (Å²) in [5, 5.41) is 0.712. The molecule has 1 saturated heterocycles. The number of halogens is 3. The number of nitrogens with zero attached hydrogens (tertiary/aromatic N) is 1. The second-order valence-electron chi connectivity index (χ2n) is 6.91. The number of hydrogen-bond donors (Lipinski definition) is 1. The zero-order valence-corrected chi connectivity index (χ0v) is 15.2. The van der Waals surface area contributed by atoms with Crippen LogP contribution in [0.5, 0.6) is 0 Å². The Bertz CT molecular complexity index is 915. The first-order valence-corrected chi connectivity index (χ1v) is 8.76. The molecule has 146 valence electrons. The Labute approximate surface area is 154 Å². The maximum Gasteiger partial charge on any atom is 0.471 e. The van der Waals surface area contributed by atoms with Gasteiger partial charge in [0.25, 0.3) is 5.56 Å². The zero-order valence-electron chi connectivity index (χ0n) is 15.2. The van der Waals surface area contributed by atoms with Gasteiger partial charge >= 0.3 is 12.1 Å². The molecule has 5 nitrogen and oxygen atoms in total. The molecule has 3 rings (SSSR count). The molecular formula is C19H21F3N2O3. The molecule has 1 aromatic carbocycles. The normalized spacial score (nSPS) is 17.4. The van der Waals surface area contributed by atoms with E-state index in [2.05, 4.69) is 4.98 Å². The third-order valence-corrected chi connectivity index (χ3v) is 4.97. The average Bonchev–Trinajstić information content (AvgIpc) is 3.10. The Hall–Kier alpha value is -2.35. The summed E-state index contributed by atoms with van der Waals surface area (Å²) in [6.45, 7) is 3.63. The van der Waals surface area contributed by atoms with Crippen molar-refractivity contribution in [1.82, 2.24) is 9.88 Å². The number of nitrogens with one attached hydrogen (secondary N) is 1. The third kappa shape index (κ3) is 4.16. The summed E-state index contributed by atoms with van der Waals surface area (Å²) < 4.78 is 44.4. The van der Waals surface area contributed by atoms with E-state index in [1.165, 1.54) is 0 Å². The Morgan fingerprint density at radius 3 is 2.70 bits per heavy atom. The van der Waals surface area contributed by atoms with Crippen molar-refractivity contribution in [3.8, 4) is 0 Å². The molecule has 1 aliphatic rings. The summed E-state index contributed by atoms with van der Waals surface area (Å²) in [6, 6.07) is 5.23. The highest BCUT2D eigenvalue weighted by Gasteiger charge is 2.43. The molecule has 0 saturated carbocycles. The Kier molecular flexibility index (Phi) is 5.28. The second kappa shape index (κ2) is 7.34. The molecule has 0 aliphatic carbocycles. The molecule has 1 N–H and O–H groups in total. The first kappa shape index (κ1) is 19.4. The Morgan fingerprint density at radius 2 is 2.07 bits per heavy atom. The van der Waals surface area contributed by atoms with E-state index in [0.717, 1.165) is 17.5 Å². The molecule has 8 heteroatoms. The van der Waals surface area contributed by atoms with Gasteiger partial charge in [0.2, 0.25) is 0 Å². The van der Waals surface area contributed by atoms with E-state index in [1.807, 2.05) is 19.9 Å². The smallest absolute Gasteiger partial charge is 0.376 e. The van der Waals surface area contributed by atoms with Gasteiger partial charge in [-0.25, -0.2) is 0 Å². The highest BCUT2D eigenvalue weighted by atomic mass is 19.4. The number of hydrogen-bond acceptors (Lipinski definition) is 3. The molecule has 1 amide bonds. The van der Waals surface area contributed by atoms with E-state index in [9.17, 15) is 22.8 Å². The van der Waals surface area contributed by atoms with E-state index >= 15 is 0 Å². The Balaban J connectivity index is 1.94. The number of ether oxygens (including phenoxy) is 1. The maximum absolute atomic E-state index is 13.0. The van der Waals surface area contributed by atoms with Crippen molar-refractivity contribution in [2.24, 2.45) is 0 Å². The molecule has 0 spiro atoms. The van der Waals surface area contributed by atoms with Crippen LogP contribution in [0.3, 0.4) is 0 Å². The number of amides is 1. The predicted octanol–water partition coefficient (Wildman–Crippen LogP) is 3.21. The van der Waals surface area contributed by atoms with Crippen LogP contribution in [-0.4, -0.2) is 41.2 Å². The van der Waals surface area contributed by atoms with Gasteiger partial charge in [0, 0.05) is 18.7 Å². The van der Waals surface area contributed by atoms with Gasteiger partial charge in [0.1, 0.15) is 0 Å². The number of H-pyrrole nitrogens is 1. The molecule has 0 radical (unpaired) electrons. The summed E-state index contributed by atoms with van der Waals surface area (Å²) in [6.07, 6.45) is -4.11. The summed E-state index contributed by atoms with van der Waals surface area (Å²) in [5.74, 6) is -1.96. The molecule has 0 bridgehead atoms. The van der Waals surface area contributed by atoms with Gasteiger partial charge in [-0.3, -0.25) is 9.59 Å². The van der Waals surface area contributed by atoms with E-state index in [4.69, 9.17) is 4.74 Å². The van der Waals surface area contributed by atoms with Crippen molar-refractivity contribution in [3.63, 3.8) is 0 Å². The quantitative estimate of drug-likeness (QED) is 0.883. The largest absolute Gasteiger partial charge is 0.471 e. The number of benzene rings is 1. The first-order valence-electron chi connectivity index (χ1n) is 8.76. The van der Waals surface area contributed by atoms with Gasteiger partial charge in [-0.2, -0.15) is 13.2 Å². The summed E-state index contributed by atoms with van der Waals surface area (Å²) >= 11 is 0. The van der Waals surface area contributed by atoms with Crippen LogP contribution in [0.2, 0.25) is 0 Å². The highest BCUT2D eigenvalue weighted by Crippen LogP contribution is 2.24. The lowest BCUT2D eigenvalue weighted by Gasteiger charge is -2.26. The molecule has 27 heavy (non-hydrogen) atoms. The van der Waals surface area contributed by atoms with Gasteiger partial charge in [-0.05, 0) is 49.3 Å². The minimum Gasteiger partial charge on any atom is -0.376 e. The molecule has 1 aromatic heterocycles. The van der Waals surface area contributed by atoms with Gasteiger partial charge in [0.15, 0.2) is 0 Å². The lowest BCUT2D eigenvalue weighted by atomic mass is 10.0. The summed E-state index contributed by atoms with van der Waals surface area (Å²) in [5.41, 5.74) is 2.17. The molecule has 2 heterocycles. The number of pyridine rings is 1. The lowest BCUT2D eigenvalue weighted by molar-refractivity contribution is -0.187. The van der Waals surface area contributed by atoms with Crippen LogP contribution in [0.4, 0.5) is 13.2 Å². The van der Waals surface area contributed by atoms with Gasteiger partial charge in [-0.1, -0.05) is 12.1 Å². The molecule has 1 aliphatic heterocycles. The number of aromatic amines is 1. The number of carbonyl (C=O) groups is 1. The summed E-state index contributed by atoms with van der Waals surface area (Å²) in [7, 11) is 0. The van der Waals surface area contributed by atoms with Crippen LogP contribution in [-0.2, 0) is 16.1 Å². The number of carbonyl (C=O) groups excluding carboxylic acids is 1. The number of alkyl halides is 3. The fourth-order valence-corrected chi connectivity index (χ4v) is 3.33. The van der Waals surface area contributed by atoms with E-state index in [0.29, 0.717) is 28.8 Å². The van der Waals surface area contributed by atoms with Crippen LogP contribution < -0.4 is 5.56 Å². The fourth-order valence-electron chi connectivity index (χ4n) is 3.33. The van der Waals surface area contributed by atoms with Gasteiger partial charge in [0.05, 0.1) is 18.2 Å². The first-order chi connectivity index (χ1) is 12.7. The highest BCUT2D eigenvalue weighted by molar-refractivity contribution is 5.84. The minimum atomic E-state index is -5.00. The molecule has 2 aromatic rings. The Morgan fingerprint density at radius 1 is 1.33 bits per heavy atom. The third-order valence-electron chi connectivity index (χ3n) is 4.97. The maximum atomic E-state index is 13.0. The topological polar surface area (TPSA) is 62.4 Å². The molecular weight excluding hydrogens is 361 g/mol. The number of aromatic nitrogens is 1. The monoisotopic (exact) mass is 382 g/mol. The van der Waals surface area contributed by atoms with Crippen LogP contribution in [0.25, 0.3) is 10.9 Å². The van der Waals surface area contributed by atoms with Crippen molar-refractivity contribution in [3.05, 3.63) is 45.2 Å². The number of fused-ring (bicyclic) bond motifs is 1. The molecule has 1 atom stereocenters. The predicted molar refractivity (Wildman–Crippen MR) is 94.5 cm³/mol. The molecule has 1 unspecified atom stereocenters. The van der Waals surface area contributed by atoms with Crippen molar-refractivity contribution in [2.45, 2.75) is 45.5 Å². The van der Waals surface area contributed by atoms with Crippen molar-refractivity contribution in [2.75, 3.05) is 13.2 Å². The van der Waals surface area contributed by atoms with Crippen LogP contribution in [0.15, 0.2) is 23.0 Å². The van der Waals surface area contributed by atoms with Crippen molar-refractivity contribution in [1.29, 1.82) is 0 Å². The van der Waals surface area contributed by atoms with Gasteiger partial charge < -0.3 is 14.6 Å². The zero-order chi connectivity index (χ0) is 19.8. The summed E-state index contributed by atoms with van der Waals surface area (Å²) in [4.78, 5) is 27.7. The number of aryl methyl sites for hydroxylation is 2. The lowest BCUT2D eigenvalue weighted by Crippen LogP contribution is -2.45. The van der Waals surface area contributed by atoms with Crippen LogP contribution in [0, 0.1) is 13.8 Å².